The first-order valence-corrected chi connectivity index (χ1v) is 18.2. The van der Waals surface area contributed by atoms with Gasteiger partial charge in [0, 0.05) is 35.2 Å². The van der Waals surface area contributed by atoms with Crippen LogP contribution < -0.4 is 10.1 Å². The number of piperidine rings is 2. The Kier molecular flexibility index (Phi) is 9.85. The molecule has 3 heterocycles. The molecule has 3 aliphatic rings. The summed E-state index contributed by atoms with van der Waals surface area (Å²) < 4.78 is 48.1. The van der Waals surface area contributed by atoms with Crippen LogP contribution in [0.25, 0.3) is 22.2 Å². The monoisotopic (exact) mass is 704 g/mol. The van der Waals surface area contributed by atoms with Crippen LogP contribution in [0.1, 0.15) is 85.8 Å². The van der Waals surface area contributed by atoms with E-state index in [2.05, 4.69) is 15.1 Å². The third-order valence-corrected chi connectivity index (χ3v) is 10.8. The standard InChI is InChI=1S/C40H44ClF3N4O2/c1-26(2)50-35-24-34-31(23-33(35)41)36(38(49)46-39(16-17-39)28-11-5-3-6-12-28)32(37(45-34)27-10-9-13-29(22-27)40(42,43)44)25-47-20-14-30(15-21-47)48-18-7-4-8-19-48/h3,5-6,9-13,22-24,26,30H,4,7-8,14-21,25H2,1-2H3,(H,46,49). The normalized spacial score (nSPS) is 18.8. The Hall–Kier alpha value is -3.66. The molecule has 6 nitrogen and oxygen atoms in total. The number of benzene rings is 3. The fourth-order valence-electron chi connectivity index (χ4n) is 7.74. The summed E-state index contributed by atoms with van der Waals surface area (Å²) in [6.45, 7) is 8.04. The van der Waals surface area contributed by atoms with Crippen LogP contribution >= 0.6 is 11.6 Å². The molecule has 10 heteroatoms. The second kappa shape index (κ2) is 14.2. The number of carbonyl (C=O) groups excluding carboxylic acids is 1. The minimum Gasteiger partial charge on any atom is -0.489 e. The molecule has 3 fully saturated rings. The summed E-state index contributed by atoms with van der Waals surface area (Å²) in [6, 6.07) is 19.1. The van der Waals surface area contributed by atoms with Crippen LogP contribution in [0.3, 0.4) is 0 Å². The molecule has 1 amide bonds. The molecular weight excluding hydrogens is 661 g/mol. The van der Waals surface area contributed by atoms with E-state index >= 15 is 0 Å². The number of hydrogen-bond donors (Lipinski definition) is 1. The Labute approximate surface area is 297 Å². The summed E-state index contributed by atoms with van der Waals surface area (Å²) in [5.41, 5.74) is 1.82. The van der Waals surface area contributed by atoms with Crippen LogP contribution in [0.15, 0.2) is 66.7 Å². The fourth-order valence-corrected chi connectivity index (χ4v) is 7.95. The lowest BCUT2D eigenvalue weighted by molar-refractivity contribution is -0.137. The quantitative estimate of drug-likeness (QED) is 0.188. The predicted octanol–water partition coefficient (Wildman–Crippen LogP) is 9.23. The van der Waals surface area contributed by atoms with Crippen LogP contribution in [0, 0.1) is 0 Å². The van der Waals surface area contributed by atoms with E-state index in [9.17, 15) is 18.0 Å². The van der Waals surface area contributed by atoms with E-state index in [0.29, 0.717) is 56.6 Å². The number of hydrogen-bond acceptors (Lipinski definition) is 5. The third kappa shape index (κ3) is 7.37. The maximum absolute atomic E-state index is 14.8. The molecule has 7 rings (SSSR count). The van der Waals surface area contributed by atoms with Crippen molar-refractivity contribution < 1.29 is 22.7 Å². The van der Waals surface area contributed by atoms with Gasteiger partial charge >= 0.3 is 6.18 Å². The first-order valence-electron chi connectivity index (χ1n) is 17.9. The number of likely N-dealkylation sites (tertiary alicyclic amines) is 2. The van der Waals surface area contributed by atoms with Crippen molar-refractivity contribution in [2.24, 2.45) is 0 Å². The highest BCUT2D eigenvalue weighted by molar-refractivity contribution is 6.33. The number of alkyl halides is 3. The summed E-state index contributed by atoms with van der Waals surface area (Å²) in [6.07, 6.45) is 2.62. The first-order chi connectivity index (χ1) is 24.0. The molecule has 2 saturated heterocycles. The molecule has 3 aromatic carbocycles. The van der Waals surface area contributed by atoms with Gasteiger partial charge < -0.3 is 15.0 Å². The van der Waals surface area contributed by atoms with Gasteiger partial charge in [-0.15, -0.1) is 0 Å². The van der Waals surface area contributed by atoms with Crippen molar-refractivity contribution in [3.63, 3.8) is 0 Å². The second-order valence-electron chi connectivity index (χ2n) is 14.4. The number of nitrogens with one attached hydrogen (secondary N) is 1. The number of nitrogens with zero attached hydrogens (tertiary/aromatic N) is 3. The highest BCUT2D eigenvalue weighted by Crippen LogP contribution is 2.46. The molecule has 2 aliphatic heterocycles. The topological polar surface area (TPSA) is 57.7 Å². The Morgan fingerprint density at radius 1 is 0.980 bits per heavy atom. The summed E-state index contributed by atoms with van der Waals surface area (Å²) in [5.74, 6) is 0.109. The molecule has 264 valence electrons. The molecule has 1 N–H and O–H groups in total. The van der Waals surface area contributed by atoms with E-state index in [0.717, 1.165) is 69.6 Å². The maximum Gasteiger partial charge on any atom is 0.416 e. The van der Waals surface area contributed by atoms with E-state index < -0.39 is 17.3 Å². The van der Waals surface area contributed by atoms with Gasteiger partial charge in [-0.25, -0.2) is 4.98 Å². The van der Waals surface area contributed by atoms with Gasteiger partial charge in [0.25, 0.3) is 5.91 Å². The molecule has 50 heavy (non-hydrogen) atoms. The summed E-state index contributed by atoms with van der Waals surface area (Å²) in [5, 5.41) is 4.24. The summed E-state index contributed by atoms with van der Waals surface area (Å²) >= 11 is 6.80. The zero-order valence-electron chi connectivity index (χ0n) is 28.7. The van der Waals surface area contributed by atoms with E-state index in [1.165, 1.54) is 25.3 Å². The van der Waals surface area contributed by atoms with E-state index in [-0.39, 0.29) is 12.0 Å². The molecule has 0 atom stereocenters. The van der Waals surface area contributed by atoms with Crippen LogP contribution in [0.5, 0.6) is 5.75 Å². The Balaban J connectivity index is 1.36. The Morgan fingerprint density at radius 3 is 2.36 bits per heavy atom. The van der Waals surface area contributed by atoms with Gasteiger partial charge in [-0.2, -0.15) is 13.2 Å². The van der Waals surface area contributed by atoms with Crippen LogP contribution in [-0.2, 0) is 18.3 Å². The van der Waals surface area contributed by atoms with Crippen molar-refractivity contribution in [1.82, 2.24) is 20.1 Å². The van der Waals surface area contributed by atoms with Crippen LogP contribution in [-0.4, -0.2) is 59.0 Å². The van der Waals surface area contributed by atoms with Gasteiger partial charge in [0.05, 0.1) is 39.0 Å². The Bertz CT molecular complexity index is 1850. The number of amides is 1. The average Bonchev–Trinajstić information content (AvgIpc) is 3.89. The van der Waals surface area contributed by atoms with Gasteiger partial charge in [0.15, 0.2) is 0 Å². The molecular formula is C40H44ClF3N4O2. The zero-order valence-corrected chi connectivity index (χ0v) is 29.4. The van der Waals surface area contributed by atoms with Crippen LogP contribution in [0.2, 0.25) is 5.02 Å². The smallest absolute Gasteiger partial charge is 0.416 e. The van der Waals surface area contributed by atoms with Gasteiger partial charge in [0.1, 0.15) is 5.75 Å². The lowest BCUT2D eigenvalue weighted by Gasteiger charge is -2.40. The van der Waals surface area contributed by atoms with Crippen molar-refractivity contribution in [2.75, 3.05) is 26.2 Å². The van der Waals surface area contributed by atoms with Crippen molar-refractivity contribution >= 4 is 28.4 Å². The summed E-state index contributed by atoms with van der Waals surface area (Å²) in [4.78, 5) is 24.7. The van der Waals surface area contributed by atoms with Crippen molar-refractivity contribution in [3.8, 4) is 17.0 Å². The number of rotatable bonds is 9. The molecule has 0 bridgehead atoms. The van der Waals surface area contributed by atoms with Gasteiger partial charge in [0.2, 0.25) is 0 Å². The second-order valence-corrected chi connectivity index (χ2v) is 14.8. The lowest BCUT2D eigenvalue weighted by atomic mass is 9.93. The molecule has 0 unspecified atom stereocenters. The fraction of sp³-hybridized carbons (Fsp3) is 0.450. The van der Waals surface area contributed by atoms with E-state index in [1.54, 1.807) is 18.2 Å². The predicted molar refractivity (Wildman–Crippen MR) is 191 cm³/mol. The van der Waals surface area contributed by atoms with Gasteiger partial charge in [-0.05, 0) is 102 Å². The van der Waals surface area contributed by atoms with Crippen molar-refractivity contribution in [3.05, 3.63) is 94.0 Å². The largest absolute Gasteiger partial charge is 0.489 e. The van der Waals surface area contributed by atoms with Crippen molar-refractivity contribution in [1.29, 1.82) is 0 Å². The molecule has 4 aromatic rings. The van der Waals surface area contributed by atoms with E-state index in [4.69, 9.17) is 21.3 Å². The number of ether oxygens (including phenoxy) is 1. The highest BCUT2D eigenvalue weighted by Gasteiger charge is 2.46. The minimum atomic E-state index is -4.54. The average molecular weight is 705 g/mol. The summed E-state index contributed by atoms with van der Waals surface area (Å²) in [7, 11) is 0. The zero-order chi connectivity index (χ0) is 35.0. The number of fused-ring (bicyclic) bond motifs is 1. The molecule has 1 aliphatic carbocycles. The number of pyridine rings is 1. The molecule has 1 aromatic heterocycles. The molecule has 1 saturated carbocycles. The number of carbonyl (C=O) groups is 1. The maximum atomic E-state index is 14.8. The van der Waals surface area contributed by atoms with Gasteiger partial charge in [-0.3, -0.25) is 9.69 Å². The Morgan fingerprint density at radius 2 is 1.70 bits per heavy atom. The first kappa shape index (κ1) is 34.8. The third-order valence-electron chi connectivity index (χ3n) is 10.5. The molecule has 0 radical (unpaired) electrons. The SMILES string of the molecule is CC(C)Oc1cc2nc(-c3cccc(C(F)(F)F)c3)c(CN3CCC(N4CCCCC4)CC3)c(C(=O)NC3(c4ccccc4)CC3)c2cc1Cl. The molecule has 0 spiro atoms. The van der Waals surface area contributed by atoms with E-state index in [1.807, 2.05) is 44.2 Å². The number of halogens is 4. The highest BCUT2D eigenvalue weighted by atomic mass is 35.5. The lowest BCUT2D eigenvalue weighted by Crippen LogP contribution is -2.46. The van der Waals surface area contributed by atoms with Gasteiger partial charge in [-0.1, -0.05) is 60.5 Å². The van der Waals surface area contributed by atoms with Crippen LogP contribution in [0.4, 0.5) is 13.2 Å². The minimum absolute atomic E-state index is 0.177. The number of aromatic nitrogens is 1. The van der Waals surface area contributed by atoms with Crippen molar-refractivity contribution in [2.45, 2.75) is 89.2 Å².